The Morgan fingerprint density at radius 3 is 2.27 bits per heavy atom. The third-order valence-electron chi connectivity index (χ3n) is 1.64. The van der Waals surface area contributed by atoms with Crippen molar-refractivity contribution in [2.75, 3.05) is 0 Å². The first-order chi connectivity index (χ1) is 5.24. The standard InChI is InChI=1S/C7H10B2O2/c1-6-2-4-7(5-3-6)9(11)8-10/h2-5,8,10-11H,1H3. The minimum Gasteiger partial charge on any atom is -0.458 e. The van der Waals surface area contributed by atoms with E-state index in [1.165, 1.54) is 0 Å². The van der Waals surface area contributed by atoms with E-state index in [2.05, 4.69) is 0 Å². The van der Waals surface area contributed by atoms with Crippen molar-refractivity contribution in [2.45, 2.75) is 6.92 Å². The normalized spacial score (nSPS) is 9.36. The molecule has 0 fully saturated rings. The van der Waals surface area contributed by atoms with E-state index in [1.807, 2.05) is 31.2 Å². The van der Waals surface area contributed by atoms with Gasteiger partial charge in [-0.05, 0) is 6.92 Å². The van der Waals surface area contributed by atoms with Crippen LogP contribution in [0.5, 0.6) is 0 Å². The molecule has 2 N–H and O–H groups in total. The van der Waals surface area contributed by atoms with Crippen molar-refractivity contribution in [1.82, 2.24) is 0 Å². The van der Waals surface area contributed by atoms with Crippen LogP contribution in [0, 0.1) is 6.92 Å². The largest absolute Gasteiger partial charge is 0.458 e. The molecule has 0 saturated heterocycles. The average molecular weight is 148 g/mol. The van der Waals surface area contributed by atoms with Gasteiger partial charge in [-0.1, -0.05) is 35.3 Å². The maximum absolute atomic E-state index is 9.17. The summed E-state index contributed by atoms with van der Waals surface area (Å²) in [7, 11) is -0.219. The molecule has 0 spiro atoms. The lowest BCUT2D eigenvalue weighted by Crippen LogP contribution is -2.36. The first-order valence-electron chi connectivity index (χ1n) is 3.59. The predicted octanol–water partition coefficient (Wildman–Crippen LogP) is -0.974. The Morgan fingerprint density at radius 2 is 1.82 bits per heavy atom. The smallest absolute Gasteiger partial charge is 0.315 e. The van der Waals surface area contributed by atoms with Gasteiger partial charge in [0.05, 0.1) is 0 Å². The minimum absolute atomic E-state index is 0.219. The van der Waals surface area contributed by atoms with E-state index >= 15 is 0 Å². The van der Waals surface area contributed by atoms with Crippen LogP contribution in [0.2, 0.25) is 0 Å². The molecule has 0 aliphatic rings. The number of hydrogen-bond acceptors (Lipinski definition) is 2. The molecule has 0 aliphatic carbocycles. The molecule has 0 radical (unpaired) electrons. The van der Waals surface area contributed by atoms with Crippen molar-refractivity contribution in [3.8, 4) is 0 Å². The van der Waals surface area contributed by atoms with Gasteiger partial charge in [0.1, 0.15) is 0 Å². The van der Waals surface area contributed by atoms with Gasteiger partial charge < -0.3 is 10.0 Å². The lowest BCUT2D eigenvalue weighted by Gasteiger charge is -2.01. The Kier molecular flexibility index (Phi) is 2.74. The highest BCUT2D eigenvalue weighted by Gasteiger charge is 2.12. The third-order valence-corrected chi connectivity index (χ3v) is 1.64. The van der Waals surface area contributed by atoms with Crippen molar-refractivity contribution in [3.63, 3.8) is 0 Å². The maximum Gasteiger partial charge on any atom is 0.315 e. The Hall–Kier alpha value is -0.730. The molecule has 0 atom stereocenters. The van der Waals surface area contributed by atoms with Crippen molar-refractivity contribution in [2.24, 2.45) is 0 Å². The fourth-order valence-corrected chi connectivity index (χ4v) is 0.894. The number of aryl methyl sites for hydroxylation is 1. The molecular formula is C7H10B2O2. The van der Waals surface area contributed by atoms with Crippen molar-refractivity contribution in [1.29, 1.82) is 0 Å². The summed E-state index contributed by atoms with van der Waals surface area (Å²) in [5.74, 6) is 0. The van der Waals surface area contributed by atoms with Crippen molar-refractivity contribution in [3.05, 3.63) is 29.8 Å². The van der Waals surface area contributed by atoms with Crippen molar-refractivity contribution >= 4 is 19.6 Å². The molecule has 0 aromatic heterocycles. The monoisotopic (exact) mass is 148 g/mol. The van der Waals surface area contributed by atoms with E-state index in [-0.39, 0.29) is 7.37 Å². The van der Waals surface area contributed by atoms with Gasteiger partial charge in [-0.25, -0.2) is 0 Å². The first-order valence-corrected chi connectivity index (χ1v) is 3.59. The highest BCUT2D eigenvalue weighted by atomic mass is 16.2. The van der Waals surface area contributed by atoms with Crippen LogP contribution in [-0.2, 0) is 0 Å². The molecule has 1 aromatic rings. The summed E-state index contributed by atoms with van der Waals surface area (Å²) in [6.45, 7) is 1.24. The van der Waals surface area contributed by atoms with E-state index < -0.39 is 6.81 Å². The molecule has 0 unspecified atom stereocenters. The summed E-state index contributed by atoms with van der Waals surface area (Å²) in [6, 6.07) is 7.45. The first kappa shape index (κ1) is 8.37. The maximum atomic E-state index is 9.17. The lowest BCUT2D eigenvalue weighted by molar-refractivity contribution is 0.573. The number of benzene rings is 1. The molecular weight excluding hydrogens is 138 g/mol. The fraction of sp³-hybridized carbons (Fsp3) is 0.143. The molecule has 0 amide bonds. The second kappa shape index (κ2) is 3.60. The van der Waals surface area contributed by atoms with E-state index in [1.54, 1.807) is 0 Å². The summed E-state index contributed by atoms with van der Waals surface area (Å²) < 4.78 is 0. The molecule has 0 heterocycles. The summed E-state index contributed by atoms with van der Waals surface area (Å²) in [5.41, 5.74) is 1.91. The summed E-state index contributed by atoms with van der Waals surface area (Å²) >= 11 is 0. The van der Waals surface area contributed by atoms with Crippen LogP contribution in [0.3, 0.4) is 0 Å². The Bertz CT molecular complexity index is 222. The summed E-state index contributed by atoms with van der Waals surface area (Å²) in [4.78, 5) is 0. The van der Waals surface area contributed by atoms with E-state index in [9.17, 15) is 5.02 Å². The van der Waals surface area contributed by atoms with Crippen LogP contribution < -0.4 is 5.46 Å². The second-order valence-electron chi connectivity index (χ2n) is 2.61. The molecule has 0 bridgehead atoms. The molecule has 2 nitrogen and oxygen atoms in total. The quantitative estimate of drug-likeness (QED) is 0.529. The Morgan fingerprint density at radius 1 is 1.27 bits per heavy atom. The van der Waals surface area contributed by atoms with E-state index in [0.717, 1.165) is 11.0 Å². The predicted molar refractivity (Wildman–Crippen MR) is 48.2 cm³/mol. The lowest BCUT2D eigenvalue weighted by atomic mass is 9.39. The average Bonchev–Trinajstić information content (AvgIpc) is 2.05. The van der Waals surface area contributed by atoms with Gasteiger partial charge in [0.25, 0.3) is 7.37 Å². The molecule has 56 valence electrons. The highest BCUT2D eigenvalue weighted by Crippen LogP contribution is 1.92. The molecule has 11 heavy (non-hydrogen) atoms. The van der Waals surface area contributed by atoms with Gasteiger partial charge in [0.2, 0.25) is 0 Å². The minimum atomic E-state index is -0.740. The van der Waals surface area contributed by atoms with Gasteiger partial charge in [-0.3, -0.25) is 0 Å². The van der Waals surface area contributed by atoms with Gasteiger partial charge in [0, 0.05) is 0 Å². The van der Waals surface area contributed by atoms with E-state index in [0.29, 0.717) is 0 Å². The van der Waals surface area contributed by atoms with E-state index in [4.69, 9.17) is 5.02 Å². The van der Waals surface area contributed by atoms with Gasteiger partial charge in [0.15, 0.2) is 0 Å². The van der Waals surface area contributed by atoms with Crippen LogP contribution in [0.25, 0.3) is 0 Å². The molecule has 0 saturated carbocycles. The summed E-state index contributed by atoms with van der Waals surface area (Å²) in [5, 5.41) is 17.8. The van der Waals surface area contributed by atoms with Crippen molar-refractivity contribution < 1.29 is 10.0 Å². The molecule has 0 aliphatic heterocycles. The van der Waals surface area contributed by atoms with Crippen LogP contribution in [0.4, 0.5) is 0 Å². The third kappa shape index (κ3) is 2.10. The molecule has 1 aromatic carbocycles. The van der Waals surface area contributed by atoms with Crippen LogP contribution in [0.1, 0.15) is 5.56 Å². The van der Waals surface area contributed by atoms with Crippen LogP contribution >= 0.6 is 0 Å². The Balaban J connectivity index is 2.81. The number of rotatable bonds is 2. The van der Waals surface area contributed by atoms with Gasteiger partial charge >= 0.3 is 6.81 Å². The number of hydrogen-bond donors (Lipinski definition) is 2. The summed E-state index contributed by atoms with van der Waals surface area (Å²) in [6.07, 6.45) is 0. The highest BCUT2D eigenvalue weighted by molar-refractivity contribution is 7.12. The van der Waals surface area contributed by atoms with Gasteiger partial charge in [-0.2, -0.15) is 0 Å². The topological polar surface area (TPSA) is 40.5 Å². The molecule has 4 heteroatoms. The van der Waals surface area contributed by atoms with Gasteiger partial charge in [-0.15, -0.1) is 0 Å². The Labute approximate surface area is 67.2 Å². The van der Waals surface area contributed by atoms with Crippen LogP contribution in [-0.4, -0.2) is 24.2 Å². The zero-order valence-electron chi connectivity index (χ0n) is 6.49. The van der Waals surface area contributed by atoms with Crippen LogP contribution in [0.15, 0.2) is 24.3 Å². The molecule has 1 rings (SSSR count). The second-order valence-corrected chi connectivity index (χ2v) is 2.61. The zero-order valence-corrected chi connectivity index (χ0v) is 6.49. The fourth-order valence-electron chi connectivity index (χ4n) is 0.894. The zero-order chi connectivity index (χ0) is 8.27. The SMILES string of the molecule is Cc1ccc(B(O)BO)cc1.